The van der Waals surface area contributed by atoms with E-state index < -0.39 is 0 Å². The average molecular weight is 196 g/mol. The number of aldehydes is 1. The number of hydrogen-bond acceptors (Lipinski definition) is 3. The molecular weight excluding hydrogens is 190 g/mol. The van der Waals surface area contributed by atoms with Gasteiger partial charge in [0.05, 0.1) is 11.1 Å². The number of carbonyl (C=O) groups excluding carboxylic acids is 1. The van der Waals surface area contributed by atoms with Crippen LogP contribution in [0.4, 0.5) is 5.82 Å². The van der Waals surface area contributed by atoms with Crippen LogP contribution in [-0.4, -0.2) is 15.9 Å². The number of nitrogens with two attached hydrogens (primary N) is 1. The maximum absolute atomic E-state index is 10.6. The highest BCUT2D eigenvalue weighted by atomic mass is 35.5. The number of nitrogens with zero attached hydrogens (tertiary/aromatic N) is 2. The summed E-state index contributed by atoms with van der Waals surface area (Å²) in [6.07, 6.45) is 0.675. The van der Waals surface area contributed by atoms with E-state index in [1.807, 2.05) is 0 Å². The van der Waals surface area contributed by atoms with Gasteiger partial charge < -0.3 is 5.73 Å². The fraction of sp³-hybridized carbons (Fsp3) is 0. The van der Waals surface area contributed by atoms with Gasteiger partial charge in [-0.15, -0.1) is 5.10 Å². The van der Waals surface area contributed by atoms with Crippen molar-refractivity contribution in [1.29, 1.82) is 0 Å². The van der Waals surface area contributed by atoms with E-state index in [1.54, 1.807) is 18.2 Å². The van der Waals surface area contributed by atoms with Gasteiger partial charge in [-0.25, -0.2) is 4.52 Å². The van der Waals surface area contributed by atoms with Crippen LogP contribution < -0.4 is 5.73 Å². The first-order valence-corrected chi connectivity index (χ1v) is 3.99. The van der Waals surface area contributed by atoms with Crippen LogP contribution in [-0.2, 0) is 0 Å². The first kappa shape index (κ1) is 8.07. The zero-order valence-corrected chi connectivity index (χ0v) is 7.32. The lowest BCUT2D eigenvalue weighted by Gasteiger charge is -1.94. The summed E-state index contributed by atoms with van der Waals surface area (Å²) >= 11 is 5.83. The van der Waals surface area contributed by atoms with E-state index in [-0.39, 0.29) is 5.82 Å². The second-order valence-corrected chi connectivity index (χ2v) is 2.95. The molecule has 0 saturated heterocycles. The van der Waals surface area contributed by atoms with E-state index in [4.69, 9.17) is 17.3 Å². The van der Waals surface area contributed by atoms with Crippen molar-refractivity contribution in [2.45, 2.75) is 0 Å². The van der Waals surface area contributed by atoms with E-state index in [0.29, 0.717) is 22.5 Å². The van der Waals surface area contributed by atoms with Crippen molar-refractivity contribution >= 4 is 29.2 Å². The lowest BCUT2D eigenvalue weighted by molar-refractivity contribution is 0.112. The molecule has 0 aliphatic heterocycles. The molecule has 5 heteroatoms. The van der Waals surface area contributed by atoms with Crippen LogP contribution in [0.15, 0.2) is 18.2 Å². The molecule has 0 fully saturated rings. The van der Waals surface area contributed by atoms with Crippen LogP contribution >= 0.6 is 11.6 Å². The topological polar surface area (TPSA) is 60.4 Å². The van der Waals surface area contributed by atoms with E-state index >= 15 is 0 Å². The number of hydrogen-bond donors (Lipinski definition) is 1. The summed E-state index contributed by atoms with van der Waals surface area (Å²) in [5.74, 6) is 0.197. The van der Waals surface area contributed by atoms with Crippen molar-refractivity contribution in [3.05, 3.63) is 28.9 Å². The van der Waals surface area contributed by atoms with Crippen LogP contribution in [0.2, 0.25) is 5.15 Å². The number of nitrogen functional groups attached to an aromatic ring is 1. The van der Waals surface area contributed by atoms with Crippen molar-refractivity contribution < 1.29 is 4.79 Å². The van der Waals surface area contributed by atoms with Crippen molar-refractivity contribution in [2.24, 2.45) is 0 Å². The van der Waals surface area contributed by atoms with Crippen molar-refractivity contribution in [2.75, 3.05) is 5.73 Å². The number of carbonyl (C=O) groups is 1. The number of anilines is 1. The Morgan fingerprint density at radius 2 is 2.31 bits per heavy atom. The van der Waals surface area contributed by atoms with Gasteiger partial charge in [-0.2, -0.15) is 0 Å². The molecule has 0 aliphatic carbocycles. The van der Waals surface area contributed by atoms with Gasteiger partial charge in [0.15, 0.2) is 12.1 Å². The zero-order chi connectivity index (χ0) is 9.42. The van der Waals surface area contributed by atoms with Gasteiger partial charge >= 0.3 is 0 Å². The molecule has 2 aromatic rings. The van der Waals surface area contributed by atoms with Gasteiger partial charge in [-0.05, 0) is 12.1 Å². The molecule has 0 unspecified atom stereocenters. The second-order valence-electron chi connectivity index (χ2n) is 2.56. The summed E-state index contributed by atoms with van der Waals surface area (Å²) < 4.78 is 1.43. The fourth-order valence-corrected chi connectivity index (χ4v) is 1.40. The second kappa shape index (κ2) is 2.74. The van der Waals surface area contributed by atoms with Crippen molar-refractivity contribution in [3.8, 4) is 0 Å². The molecule has 0 aliphatic rings. The third-order valence-corrected chi connectivity index (χ3v) is 2.08. The lowest BCUT2D eigenvalue weighted by Crippen LogP contribution is -1.90. The quantitative estimate of drug-likeness (QED) is 0.553. The third kappa shape index (κ3) is 1.07. The normalized spacial score (nSPS) is 10.5. The molecule has 0 bridgehead atoms. The summed E-state index contributed by atoms with van der Waals surface area (Å²) in [4.78, 5) is 10.6. The van der Waals surface area contributed by atoms with Crippen LogP contribution in [0.1, 0.15) is 10.4 Å². The highest BCUT2D eigenvalue weighted by Gasteiger charge is 2.09. The minimum Gasteiger partial charge on any atom is -0.382 e. The molecule has 0 saturated carbocycles. The molecule has 2 aromatic heterocycles. The van der Waals surface area contributed by atoms with Crippen molar-refractivity contribution in [3.63, 3.8) is 0 Å². The largest absolute Gasteiger partial charge is 0.382 e. The summed E-state index contributed by atoms with van der Waals surface area (Å²) in [5, 5.41) is 4.34. The molecule has 0 spiro atoms. The van der Waals surface area contributed by atoms with Gasteiger partial charge in [-0.3, -0.25) is 4.79 Å². The number of halogens is 1. The molecule has 13 heavy (non-hydrogen) atoms. The summed E-state index contributed by atoms with van der Waals surface area (Å²) in [6.45, 7) is 0. The van der Waals surface area contributed by atoms with Crippen LogP contribution in [0, 0.1) is 0 Å². The highest BCUT2D eigenvalue weighted by Crippen LogP contribution is 2.19. The monoisotopic (exact) mass is 195 g/mol. The first-order chi connectivity index (χ1) is 6.24. The SMILES string of the molecule is Nc1nn2c(Cl)cccc2c1C=O. The molecule has 0 atom stereocenters. The predicted octanol–water partition coefficient (Wildman–Crippen LogP) is 1.38. The molecule has 4 nitrogen and oxygen atoms in total. The first-order valence-electron chi connectivity index (χ1n) is 3.62. The Hall–Kier alpha value is -1.55. The minimum absolute atomic E-state index is 0.197. The zero-order valence-electron chi connectivity index (χ0n) is 6.57. The predicted molar refractivity (Wildman–Crippen MR) is 50.0 cm³/mol. The summed E-state index contributed by atoms with van der Waals surface area (Å²) in [7, 11) is 0. The minimum atomic E-state index is 0.197. The van der Waals surface area contributed by atoms with E-state index in [0.717, 1.165) is 0 Å². The molecule has 0 amide bonds. The van der Waals surface area contributed by atoms with Gasteiger partial charge in [0.25, 0.3) is 0 Å². The van der Waals surface area contributed by atoms with E-state index in [1.165, 1.54) is 4.52 Å². The number of rotatable bonds is 1. The Balaban J connectivity index is 2.93. The number of fused-ring (bicyclic) bond motifs is 1. The average Bonchev–Trinajstić information content (AvgIpc) is 2.43. The third-order valence-electron chi connectivity index (χ3n) is 1.80. The Morgan fingerprint density at radius 1 is 1.54 bits per heavy atom. The lowest BCUT2D eigenvalue weighted by atomic mass is 10.3. The van der Waals surface area contributed by atoms with Crippen molar-refractivity contribution in [1.82, 2.24) is 9.61 Å². The standard InChI is InChI=1S/C8H6ClN3O/c9-7-3-1-2-6-5(4-13)8(10)11-12(6)7/h1-4H,(H2,10,11). The summed E-state index contributed by atoms with van der Waals surface area (Å²) in [5.41, 5.74) is 6.51. The van der Waals surface area contributed by atoms with Gasteiger partial charge in [0.1, 0.15) is 5.15 Å². The Kier molecular flexibility index (Phi) is 1.70. The Labute approximate surface area is 78.9 Å². The molecular formula is C8H6ClN3O. The van der Waals surface area contributed by atoms with Gasteiger partial charge in [0.2, 0.25) is 0 Å². The molecule has 66 valence electrons. The van der Waals surface area contributed by atoms with Crippen LogP contribution in [0.3, 0.4) is 0 Å². The van der Waals surface area contributed by atoms with Crippen LogP contribution in [0.5, 0.6) is 0 Å². The molecule has 0 radical (unpaired) electrons. The maximum atomic E-state index is 10.6. The Bertz CT molecular complexity index is 477. The summed E-state index contributed by atoms with van der Waals surface area (Å²) in [6, 6.07) is 5.15. The van der Waals surface area contributed by atoms with E-state index in [2.05, 4.69) is 5.10 Å². The molecule has 2 N–H and O–H groups in total. The maximum Gasteiger partial charge on any atom is 0.157 e. The van der Waals surface area contributed by atoms with Gasteiger partial charge in [-0.1, -0.05) is 17.7 Å². The fourth-order valence-electron chi connectivity index (χ4n) is 1.19. The molecule has 2 rings (SSSR count). The smallest absolute Gasteiger partial charge is 0.157 e. The van der Waals surface area contributed by atoms with E-state index in [9.17, 15) is 4.79 Å². The molecule has 2 heterocycles. The van der Waals surface area contributed by atoms with Gasteiger partial charge in [0, 0.05) is 0 Å². The number of pyridine rings is 1. The molecule has 0 aromatic carbocycles. The Morgan fingerprint density at radius 3 is 3.00 bits per heavy atom. The highest BCUT2D eigenvalue weighted by molar-refractivity contribution is 6.29. The van der Waals surface area contributed by atoms with Crippen LogP contribution in [0.25, 0.3) is 5.52 Å². The number of aromatic nitrogens is 2.